The van der Waals surface area contributed by atoms with Gasteiger partial charge in [0.15, 0.2) is 0 Å². The number of hydrogen-bond donors (Lipinski definition) is 1. The number of rotatable bonds is 6. The molecule has 118 valence electrons. The molecule has 0 saturated heterocycles. The topological polar surface area (TPSA) is 38.3 Å². The van der Waals surface area contributed by atoms with Crippen molar-refractivity contribution in [3.05, 3.63) is 84.0 Å². The minimum absolute atomic E-state index is 0.131. The monoisotopic (exact) mass is 307 g/mol. The highest BCUT2D eigenvalue weighted by molar-refractivity contribution is 5.87. The first kappa shape index (κ1) is 16.6. The number of para-hydroxylation sites is 1. The number of amides is 1. The summed E-state index contributed by atoms with van der Waals surface area (Å²) in [5.41, 5.74) is 2.12. The van der Waals surface area contributed by atoms with E-state index < -0.39 is 0 Å². The van der Waals surface area contributed by atoms with Crippen LogP contribution in [-0.4, -0.2) is 5.91 Å². The van der Waals surface area contributed by atoms with Crippen molar-refractivity contribution >= 4 is 5.91 Å². The first-order chi connectivity index (χ1) is 11.2. The molecule has 1 N–H and O–H groups in total. The maximum atomic E-state index is 11.7. The van der Waals surface area contributed by atoms with Gasteiger partial charge in [0.2, 0.25) is 5.91 Å². The summed E-state index contributed by atoms with van der Waals surface area (Å²) in [6.07, 6.45) is 6.90. The van der Waals surface area contributed by atoms with Crippen LogP contribution >= 0.6 is 0 Å². The molecule has 2 aromatic rings. The molecular formula is C20H21NO2. The molecule has 0 aromatic heterocycles. The maximum absolute atomic E-state index is 11.7. The molecule has 0 aliphatic rings. The summed E-state index contributed by atoms with van der Waals surface area (Å²) < 4.78 is 5.91. The normalized spacial score (nSPS) is 11.0. The average molecular weight is 307 g/mol. The van der Waals surface area contributed by atoms with Gasteiger partial charge in [-0.25, -0.2) is 0 Å². The van der Waals surface area contributed by atoms with E-state index in [-0.39, 0.29) is 5.91 Å². The minimum atomic E-state index is -0.131. The predicted molar refractivity (Wildman–Crippen MR) is 93.5 cm³/mol. The second-order valence-electron chi connectivity index (χ2n) is 5.13. The molecule has 23 heavy (non-hydrogen) atoms. The van der Waals surface area contributed by atoms with Gasteiger partial charge in [0.25, 0.3) is 0 Å². The number of ether oxygens (including phenoxy) is 1. The van der Waals surface area contributed by atoms with E-state index in [9.17, 15) is 4.79 Å². The summed E-state index contributed by atoms with van der Waals surface area (Å²) in [4.78, 5) is 11.7. The van der Waals surface area contributed by atoms with Crippen LogP contribution in [0.5, 0.6) is 11.5 Å². The van der Waals surface area contributed by atoms with E-state index in [2.05, 4.69) is 5.32 Å². The molecule has 0 aliphatic heterocycles. The summed E-state index contributed by atoms with van der Waals surface area (Å²) in [6, 6.07) is 15.6. The van der Waals surface area contributed by atoms with E-state index in [4.69, 9.17) is 4.74 Å². The fourth-order valence-electron chi connectivity index (χ4n) is 1.98. The molecule has 0 spiro atoms. The molecule has 2 aromatic carbocycles. The van der Waals surface area contributed by atoms with Crippen LogP contribution in [0, 0.1) is 6.92 Å². The first-order valence-corrected chi connectivity index (χ1v) is 7.58. The molecular weight excluding hydrogens is 286 g/mol. The van der Waals surface area contributed by atoms with Crippen molar-refractivity contribution in [1.29, 1.82) is 0 Å². The predicted octanol–water partition coefficient (Wildman–Crippen LogP) is 4.54. The third kappa shape index (κ3) is 5.47. The van der Waals surface area contributed by atoms with Crippen LogP contribution in [0.2, 0.25) is 0 Å². The third-order valence-corrected chi connectivity index (χ3v) is 3.23. The van der Waals surface area contributed by atoms with Gasteiger partial charge in [0.05, 0.1) is 0 Å². The zero-order chi connectivity index (χ0) is 16.5. The fraction of sp³-hybridized carbons (Fsp3) is 0.150. The van der Waals surface area contributed by atoms with Crippen LogP contribution in [0.25, 0.3) is 0 Å². The van der Waals surface area contributed by atoms with Gasteiger partial charge in [-0.1, -0.05) is 54.1 Å². The first-order valence-electron chi connectivity index (χ1n) is 7.58. The average Bonchev–Trinajstić information content (AvgIpc) is 2.56. The number of carbonyl (C=O) groups excluding carboxylic acids is 1. The SMILES string of the molecule is CC=CC=CC(=O)NCc1ccccc1Oc1ccc(C)cc1. The lowest BCUT2D eigenvalue weighted by atomic mass is 10.2. The molecule has 1 amide bonds. The van der Waals surface area contributed by atoms with E-state index in [1.54, 1.807) is 6.08 Å². The van der Waals surface area contributed by atoms with Crippen molar-refractivity contribution in [2.24, 2.45) is 0 Å². The van der Waals surface area contributed by atoms with Crippen LogP contribution in [0.4, 0.5) is 0 Å². The number of allylic oxidation sites excluding steroid dienone is 3. The Labute approximate surface area is 137 Å². The molecule has 3 nitrogen and oxygen atoms in total. The zero-order valence-electron chi connectivity index (χ0n) is 13.5. The Morgan fingerprint density at radius 1 is 1.09 bits per heavy atom. The Balaban J connectivity index is 2.02. The summed E-state index contributed by atoms with van der Waals surface area (Å²) >= 11 is 0. The highest BCUT2D eigenvalue weighted by atomic mass is 16.5. The van der Waals surface area contributed by atoms with Gasteiger partial charge < -0.3 is 10.1 Å². The maximum Gasteiger partial charge on any atom is 0.244 e. The molecule has 0 atom stereocenters. The number of benzene rings is 2. The Hall–Kier alpha value is -2.81. The molecule has 3 heteroatoms. The number of nitrogens with one attached hydrogen (secondary N) is 1. The fourth-order valence-corrected chi connectivity index (χ4v) is 1.98. The molecule has 0 unspecified atom stereocenters. The number of hydrogen-bond acceptors (Lipinski definition) is 2. The van der Waals surface area contributed by atoms with Crippen molar-refractivity contribution in [2.75, 3.05) is 0 Å². The highest BCUT2D eigenvalue weighted by Crippen LogP contribution is 2.25. The lowest BCUT2D eigenvalue weighted by Gasteiger charge is -2.11. The Morgan fingerprint density at radius 3 is 2.57 bits per heavy atom. The van der Waals surface area contributed by atoms with Crippen molar-refractivity contribution in [2.45, 2.75) is 20.4 Å². The van der Waals surface area contributed by atoms with Gasteiger partial charge in [-0.3, -0.25) is 4.79 Å². The van der Waals surface area contributed by atoms with Crippen molar-refractivity contribution in [1.82, 2.24) is 5.32 Å². The van der Waals surface area contributed by atoms with Crippen molar-refractivity contribution in [3.63, 3.8) is 0 Å². The Bertz CT molecular complexity index is 700. The van der Waals surface area contributed by atoms with E-state index in [0.29, 0.717) is 6.54 Å². The van der Waals surface area contributed by atoms with Crippen LogP contribution in [0.1, 0.15) is 18.1 Å². The summed E-state index contributed by atoms with van der Waals surface area (Å²) in [6.45, 7) is 4.36. The number of aryl methyl sites for hydroxylation is 1. The van der Waals surface area contributed by atoms with Crippen LogP contribution in [0.15, 0.2) is 72.8 Å². The summed E-state index contributed by atoms with van der Waals surface area (Å²) in [7, 11) is 0. The Kier molecular flexibility index (Phi) is 6.18. The van der Waals surface area contributed by atoms with E-state index >= 15 is 0 Å². The largest absolute Gasteiger partial charge is 0.457 e. The second-order valence-corrected chi connectivity index (χ2v) is 5.13. The smallest absolute Gasteiger partial charge is 0.244 e. The quantitative estimate of drug-likeness (QED) is 0.628. The molecule has 0 bridgehead atoms. The molecule has 0 saturated carbocycles. The lowest BCUT2D eigenvalue weighted by Crippen LogP contribution is -2.20. The third-order valence-electron chi connectivity index (χ3n) is 3.23. The highest BCUT2D eigenvalue weighted by Gasteiger charge is 2.05. The zero-order valence-corrected chi connectivity index (χ0v) is 13.5. The lowest BCUT2D eigenvalue weighted by molar-refractivity contribution is -0.116. The molecule has 2 rings (SSSR count). The van der Waals surface area contributed by atoms with Crippen LogP contribution < -0.4 is 10.1 Å². The van der Waals surface area contributed by atoms with Gasteiger partial charge in [-0.15, -0.1) is 0 Å². The van der Waals surface area contributed by atoms with Crippen molar-refractivity contribution in [3.8, 4) is 11.5 Å². The van der Waals surface area contributed by atoms with Gasteiger partial charge in [0, 0.05) is 18.2 Å². The standard InChI is InChI=1S/C20H21NO2/c1-3-4-5-10-20(22)21-15-17-8-6-7-9-19(17)23-18-13-11-16(2)12-14-18/h3-14H,15H2,1-2H3,(H,21,22). The van der Waals surface area contributed by atoms with E-state index in [0.717, 1.165) is 17.1 Å². The molecule has 0 aliphatic carbocycles. The van der Waals surface area contributed by atoms with E-state index in [1.807, 2.05) is 74.5 Å². The molecule has 0 radical (unpaired) electrons. The summed E-state index contributed by atoms with van der Waals surface area (Å²) in [5.74, 6) is 1.39. The van der Waals surface area contributed by atoms with Gasteiger partial charge in [-0.05, 0) is 32.0 Å². The molecule has 0 fully saturated rings. The van der Waals surface area contributed by atoms with Crippen LogP contribution in [-0.2, 0) is 11.3 Å². The summed E-state index contributed by atoms with van der Waals surface area (Å²) in [5, 5.41) is 2.85. The second kappa shape index (κ2) is 8.59. The van der Waals surface area contributed by atoms with E-state index in [1.165, 1.54) is 11.6 Å². The van der Waals surface area contributed by atoms with Crippen molar-refractivity contribution < 1.29 is 9.53 Å². The minimum Gasteiger partial charge on any atom is -0.457 e. The van der Waals surface area contributed by atoms with Gasteiger partial charge >= 0.3 is 0 Å². The van der Waals surface area contributed by atoms with Crippen LogP contribution in [0.3, 0.4) is 0 Å². The van der Waals surface area contributed by atoms with Gasteiger partial charge in [0.1, 0.15) is 11.5 Å². The Morgan fingerprint density at radius 2 is 1.83 bits per heavy atom. The molecule has 0 heterocycles. The number of carbonyl (C=O) groups is 1. The van der Waals surface area contributed by atoms with Gasteiger partial charge in [-0.2, -0.15) is 0 Å².